The Morgan fingerprint density at radius 1 is 1.08 bits per heavy atom. The lowest BCUT2D eigenvalue weighted by Gasteiger charge is -2.33. The molecule has 0 atom stereocenters. The molecule has 184 valence electrons. The molecule has 1 aliphatic heterocycles. The largest absolute Gasteiger partial charge is 0.463 e. The molecule has 0 radical (unpaired) electrons. The SMILES string of the molecule is Cc1coc2c3ccc4c(c3c3nc(-c5cc6cccc7c6n(c5=O)CCC7)[nH]c3c12)CCCC4(C)C. The molecular formula is C32H29N3O2. The number of para-hydroxylation sites is 1. The number of hydrogen-bond acceptors (Lipinski definition) is 3. The summed E-state index contributed by atoms with van der Waals surface area (Å²) in [7, 11) is 0. The smallest absolute Gasteiger partial charge is 0.262 e. The normalized spacial score (nSPS) is 16.7. The maximum atomic E-state index is 13.8. The molecule has 0 saturated carbocycles. The van der Waals surface area contributed by atoms with Crippen LogP contribution in [0.1, 0.15) is 55.4 Å². The van der Waals surface area contributed by atoms with Crippen molar-refractivity contribution in [1.29, 1.82) is 0 Å². The van der Waals surface area contributed by atoms with Gasteiger partial charge in [-0.05, 0) is 78.1 Å². The van der Waals surface area contributed by atoms with Crippen molar-refractivity contribution in [2.75, 3.05) is 0 Å². The topological polar surface area (TPSA) is 63.8 Å². The van der Waals surface area contributed by atoms with E-state index in [0.717, 1.165) is 76.1 Å². The molecular weight excluding hydrogens is 458 g/mol. The first kappa shape index (κ1) is 21.2. The van der Waals surface area contributed by atoms with Crippen molar-refractivity contribution in [2.45, 2.75) is 64.8 Å². The predicted molar refractivity (Wildman–Crippen MR) is 150 cm³/mol. The van der Waals surface area contributed by atoms with Gasteiger partial charge in [0.2, 0.25) is 0 Å². The fourth-order valence-corrected chi connectivity index (χ4v) is 7.19. The van der Waals surface area contributed by atoms with Crippen molar-refractivity contribution in [3.8, 4) is 11.4 Å². The van der Waals surface area contributed by atoms with E-state index in [-0.39, 0.29) is 11.0 Å². The molecule has 4 heterocycles. The number of furan rings is 1. The van der Waals surface area contributed by atoms with E-state index in [1.165, 1.54) is 28.5 Å². The molecule has 0 bridgehead atoms. The van der Waals surface area contributed by atoms with Crippen LogP contribution < -0.4 is 5.56 Å². The summed E-state index contributed by atoms with van der Waals surface area (Å²) >= 11 is 0. The highest BCUT2D eigenvalue weighted by Gasteiger charge is 2.31. The van der Waals surface area contributed by atoms with Crippen LogP contribution in [0.2, 0.25) is 0 Å². The molecule has 2 aliphatic rings. The van der Waals surface area contributed by atoms with E-state index >= 15 is 0 Å². The van der Waals surface area contributed by atoms with Crippen molar-refractivity contribution < 1.29 is 4.42 Å². The van der Waals surface area contributed by atoms with Crippen LogP contribution in [0.5, 0.6) is 0 Å². The Hall–Kier alpha value is -3.86. The molecule has 0 saturated heterocycles. The summed E-state index contributed by atoms with van der Waals surface area (Å²) in [6.07, 6.45) is 7.21. The molecule has 0 fully saturated rings. The second-order valence-electron chi connectivity index (χ2n) is 11.7. The standard InChI is InChI=1S/C32H29N3O2/c1-17-16-37-29-21-11-12-23-20(10-5-13-32(23,2)3)25(21)27-26(24(17)29)33-30(34-27)22-15-19-8-4-7-18-9-6-14-35(28(18)19)31(22)36/h4,7-8,11-12,15-16H,5-6,9-10,13-14H2,1-3H3,(H,33,34). The molecule has 0 unspecified atom stereocenters. The third kappa shape index (κ3) is 2.74. The Kier molecular flexibility index (Phi) is 4.09. The highest BCUT2D eigenvalue weighted by atomic mass is 16.3. The molecule has 1 aliphatic carbocycles. The highest BCUT2D eigenvalue weighted by molar-refractivity contribution is 6.24. The van der Waals surface area contributed by atoms with Gasteiger partial charge in [0, 0.05) is 22.7 Å². The summed E-state index contributed by atoms with van der Waals surface area (Å²) < 4.78 is 8.11. The average Bonchev–Trinajstić information content (AvgIpc) is 3.49. The Labute approximate surface area is 214 Å². The third-order valence-electron chi connectivity index (χ3n) is 8.96. The fraction of sp³-hybridized carbons (Fsp3) is 0.312. The molecule has 6 aromatic rings. The van der Waals surface area contributed by atoms with E-state index in [2.05, 4.69) is 56.1 Å². The van der Waals surface area contributed by atoms with E-state index < -0.39 is 0 Å². The minimum Gasteiger partial charge on any atom is -0.463 e. The van der Waals surface area contributed by atoms with Gasteiger partial charge in [-0.2, -0.15) is 0 Å². The van der Waals surface area contributed by atoms with Crippen LogP contribution in [0.3, 0.4) is 0 Å². The molecule has 5 heteroatoms. The fourth-order valence-electron chi connectivity index (χ4n) is 7.19. The Morgan fingerprint density at radius 3 is 2.86 bits per heavy atom. The first-order valence-corrected chi connectivity index (χ1v) is 13.4. The van der Waals surface area contributed by atoms with Gasteiger partial charge in [-0.15, -0.1) is 0 Å². The van der Waals surface area contributed by atoms with Gasteiger partial charge in [-0.25, -0.2) is 4.98 Å². The molecule has 37 heavy (non-hydrogen) atoms. The van der Waals surface area contributed by atoms with Crippen molar-refractivity contribution >= 4 is 43.7 Å². The van der Waals surface area contributed by atoms with Crippen LogP contribution >= 0.6 is 0 Å². The van der Waals surface area contributed by atoms with Gasteiger partial charge in [-0.1, -0.05) is 44.2 Å². The van der Waals surface area contributed by atoms with Gasteiger partial charge in [0.25, 0.3) is 5.56 Å². The van der Waals surface area contributed by atoms with E-state index in [0.29, 0.717) is 11.4 Å². The molecule has 0 amide bonds. The minimum atomic E-state index is 0.0336. The maximum Gasteiger partial charge on any atom is 0.262 e. The Morgan fingerprint density at radius 2 is 1.97 bits per heavy atom. The zero-order valence-electron chi connectivity index (χ0n) is 21.5. The lowest BCUT2D eigenvalue weighted by Crippen LogP contribution is -2.26. The molecule has 3 aromatic heterocycles. The molecule has 3 aromatic carbocycles. The van der Waals surface area contributed by atoms with Crippen molar-refractivity contribution in [2.24, 2.45) is 0 Å². The zero-order chi connectivity index (χ0) is 25.1. The first-order chi connectivity index (χ1) is 17.9. The van der Waals surface area contributed by atoms with Gasteiger partial charge in [-0.3, -0.25) is 4.79 Å². The number of aromatic amines is 1. The van der Waals surface area contributed by atoms with E-state index in [1.807, 2.05) is 16.9 Å². The summed E-state index contributed by atoms with van der Waals surface area (Å²) in [4.78, 5) is 22.6. The van der Waals surface area contributed by atoms with Crippen LogP contribution in [-0.2, 0) is 24.8 Å². The van der Waals surface area contributed by atoms with Crippen LogP contribution in [0.4, 0.5) is 0 Å². The van der Waals surface area contributed by atoms with Crippen LogP contribution in [-0.4, -0.2) is 14.5 Å². The second kappa shape index (κ2) is 7.12. The van der Waals surface area contributed by atoms with Crippen LogP contribution in [0.25, 0.3) is 55.1 Å². The number of fused-ring (bicyclic) bond motifs is 8. The van der Waals surface area contributed by atoms with Crippen molar-refractivity contribution in [3.05, 3.63) is 75.3 Å². The number of pyridine rings is 1. The Bertz CT molecular complexity index is 2000. The van der Waals surface area contributed by atoms with Crippen LogP contribution in [0.15, 0.2) is 51.9 Å². The number of rotatable bonds is 1. The number of benzene rings is 3. The molecule has 0 spiro atoms. The van der Waals surface area contributed by atoms with E-state index in [4.69, 9.17) is 9.40 Å². The average molecular weight is 488 g/mol. The number of nitrogens with zero attached hydrogens (tertiary/aromatic N) is 2. The summed E-state index contributed by atoms with van der Waals surface area (Å²) in [6.45, 7) is 7.51. The predicted octanol–water partition coefficient (Wildman–Crippen LogP) is 7.31. The summed E-state index contributed by atoms with van der Waals surface area (Å²) in [5.74, 6) is 0.642. The first-order valence-electron chi connectivity index (χ1n) is 13.4. The van der Waals surface area contributed by atoms with E-state index in [1.54, 1.807) is 0 Å². The molecule has 1 N–H and O–H groups in total. The summed E-state index contributed by atoms with van der Waals surface area (Å²) in [5.41, 5.74) is 9.80. The lowest BCUT2D eigenvalue weighted by molar-refractivity contribution is 0.433. The number of aryl methyl sites for hydroxylation is 4. The number of hydrogen-bond donors (Lipinski definition) is 1. The Balaban J connectivity index is 1.51. The highest BCUT2D eigenvalue weighted by Crippen LogP contribution is 2.45. The van der Waals surface area contributed by atoms with Gasteiger partial charge in [0.05, 0.1) is 28.4 Å². The number of nitrogens with one attached hydrogen (secondary N) is 1. The molecule has 8 rings (SSSR count). The number of H-pyrrole nitrogens is 1. The summed E-state index contributed by atoms with van der Waals surface area (Å²) in [6, 6.07) is 12.9. The lowest BCUT2D eigenvalue weighted by atomic mass is 9.71. The van der Waals surface area contributed by atoms with Gasteiger partial charge in [0.15, 0.2) is 0 Å². The van der Waals surface area contributed by atoms with Gasteiger partial charge < -0.3 is 14.0 Å². The van der Waals surface area contributed by atoms with E-state index in [9.17, 15) is 4.79 Å². The molecule has 5 nitrogen and oxygen atoms in total. The quantitative estimate of drug-likeness (QED) is 0.264. The third-order valence-corrected chi connectivity index (χ3v) is 8.96. The van der Waals surface area contributed by atoms with Crippen molar-refractivity contribution in [1.82, 2.24) is 14.5 Å². The van der Waals surface area contributed by atoms with Crippen molar-refractivity contribution in [3.63, 3.8) is 0 Å². The maximum absolute atomic E-state index is 13.8. The number of aromatic nitrogens is 3. The van der Waals surface area contributed by atoms with Gasteiger partial charge in [0.1, 0.15) is 11.4 Å². The second-order valence-corrected chi connectivity index (χ2v) is 11.7. The van der Waals surface area contributed by atoms with Gasteiger partial charge >= 0.3 is 0 Å². The monoisotopic (exact) mass is 487 g/mol. The zero-order valence-corrected chi connectivity index (χ0v) is 21.5. The summed E-state index contributed by atoms with van der Waals surface area (Å²) in [5, 5.41) is 4.44. The van der Waals surface area contributed by atoms with Crippen LogP contribution in [0, 0.1) is 6.92 Å². The minimum absolute atomic E-state index is 0.0336. The number of imidazole rings is 1.